The summed E-state index contributed by atoms with van der Waals surface area (Å²) in [5.41, 5.74) is 8.55. The van der Waals surface area contributed by atoms with Crippen molar-refractivity contribution in [2.45, 2.75) is 39.3 Å². The van der Waals surface area contributed by atoms with Gasteiger partial charge in [-0.05, 0) is 57.5 Å². The van der Waals surface area contributed by atoms with E-state index in [0.717, 1.165) is 11.1 Å². The van der Waals surface area contributed by atoms with Crippen LogP contribution in [0.4, 0.5) is 10.7 Å². The van der Waals surface area contributed by atoms with Crippen LogP contribution in [0.15, 0.2) is 36.4 Å². The van der Waals surface area contributed by atoms with E-state index < -0.39 is 11.7 Å². The number of carbonyl (C=O) groups is 2. The maximum Gasteiger partial charge on any atom is 0.407 e. The van der Waals surface area contributed by atoms with Crippen molar-refractivity contribution in [1.29, 1.82) is 0 Å². The van der Waals surface area contributed by atoms with Gasteiger partial charge in [0.1, 0.15) is 17.1 Å². The quantitative estimate of drug-likeness (QED) is 0.433. The summed E-state index contributed by atoms with van der Waals surface area (Å²) < 4.78 is 17.9. The molecule has 2 amide bonds. The van der Waals surface area contributed by atoms with Crippen molar-refractivity contribution in [2.75, 3.05) is 40.1 Å². The summed E-state index contributed by atoms with van der Waals surface area (Å²) in [6.07, 6.45) is 0.122. The number of nitrogen functional groups attached to an aromatic ring is 1. The summed E-state index contributed by atoms with van der Waals surface area (Å²) >= 11 is 0. The monoisotopic (exact) mass is 497 g/mol. The molecule has 10 nitrogen and oxygen atoms in total. The fourth-order valence-electron chi connectivity index (χ4n) is 3.74. The van der Waals surface area contributed by atoms with E-state index in [1.807, 2.05) is 49.6 Å². The van der Waals surface area contributed by atoms with E-state index in [0.29, 0.717) is 54.6 Å². The van der Waals surface area contributed by atoms with E-state index in [4.69, 9.17) is 19.9 Å². The summed E-state index contributed by atoms with van der Waals surface area (Å²) in [6.45, 7) is 6.75. The lowest BCUT2D eigenvalue weighted by atomic mass is 10.1. The van der Waals surface area contributed by atoms with Gasteiger partial charge in [-0.1, -0.05) is 0 Å². The van der Waals surface area contributed by atoms with Crippen LogP contribution in [0.25, 0.3) is 11.0 Å². The van der Waals surface area contributed by atoms with Crippen LogP contribution in [-0.4, -0.2) is 66.4 Å². The maximum atomic E-state index is 13.0. The van der Waals surface area contributed by atoms with Crippen LogP contribution >= 0.6 is 0 Å². The molecule has 0 radical (unpaired) electrons. The molecule has 0 bridgehead atoms. The molecule has 0 aliphatic rings. The molecule has 0 saturated heterocycles. The molecule has 0 aliphatic carbocycles. The van der Waals surface area contributed by atoms with Crippen molar-refractivity contribution < 1.29 is 23.8 Å². The number of anilines is 1. The number of imidazole rings is 1. The van der Waals surface area contributed by atoms with Gasteiger partial charge in [-0.2, -0.15) is 0 Å². The molecular formula is C26H35N5O5. The molecule has 0 unspecified atom stereocenters. The maximum absolute atomic E-state index is 13.0. The number of amides is 2. The van der Waals surface area contributed by atoms with Crippen molar-refractivity contribution in [3.8, 4) is 11.5 Å². The first-order valence-corrected chi connectivity index (χ1v) is 11.7. The van der Waals surface area contributed by atoms with Crippen LogP contribution < -0.4 is 20.5 Å². The van der Waals surface area contributed by atoms with Gasteiger partial charge < -0.3 is 34.7 Å². The molecule has 0 aliphatic heterocycles. The fourth-order valence-corrected chi connectivity index (χ4v) is 3.74. The number of hydrogen-bond donors (Lipinski definition) is 2. The third-order valence-electron chi connectivity index (χ3n) is 5.53. The topological polar surface area (TPSA) is 121 Å². The largest absolute Gasteiger partial charge is 0.497 e. The lowest BCUT2D eigenvalue weighted by Crippen LogP contribution is -2.35. The van der Waals surface area contributed by atoms with Crippen molar-refractivity contribution in [2.24, 2.45) is 0 Å². The minimum absolute atomic E-state index is 0.140. The minimum atomic E-state index is -0.549. The Bertz CT molecular complexity index is 1230. The van der Waals surface area contributed by atoms with Crippen molar-refractivity contribution >= 4 is 29.0 Å². The summed E-state index contributed by atoms with van der Waals surface area (Å²) in [6, 6.07) is 11.0. The second-order valence-corrected chi connectivity index (χ2v) is 9.45. The first-order valence-electron chi connectivity index (χ1n) is 11.7. The summed E-state index contributed by atoms with van der Waals surface area (Å²) in [4.78, 5) is 30.8. The molecule has 1 heterocycles. The summed E-state index contributed by atoms with van der Waals surface area (Å²) in [5, 5.41) is 2.70. The van der Waals surface area contributed by atoms with Crippen molar-refractivity contribution in [1.82, 2.24) is 19.8 Å². The Hall–Kier alpha value is -3.95. The zero-order valence-corrected chi connectivity index (χ0v) is 21.8. The number of aromatic nitrogens is 2. The van der Waals surface area contributed by atoms with Crippen LogP contribution in [0.3, 0.4) is 0 Å². The van der Waals surface area contributed by atoms with Crippen molar-refractivity contribution in [3.05, 3.63) is 47.5 Å². The molecule has 3 aromatic rings. The molecule has 0 atom stereocenters. The number of nitrogens with zero attached hydrogens (tertiary/aromatic N) is 3. The Kier molecular flexibility index (Phi) is 8.29. The number of methoxy groups -OCH3 is 2. The van der Waals surface area contributed by atoms with Gasteiger partial charge in [-0.25, -0.2) is 9.78 Å². The van der Waals surface area contributed by atoms with Gasteiger partial charge in [0.15, 0.2) is 0 Å². The molecular weight excluding hydrogens is 462 g/mol. The number of rotatable bonds is 9. The number of carbonyl (C=O) groups excluding carboxylic acids is 2. The highest BCUT2D eigenvalue weighted by atomic mass is 16.6. The van der Waals surface area contributed by atoms with Gasteiger partial charge >= 0.3 is 6.09 Å². The number of fused-ring (bicyclic) bond motifs is 1. The van der Waals surface area contributed by atoms with E-state index in [9.17, 15) is 9.59 Å². The molecule has 3 rings (SSSR count). The molecule has 3 N–H and O–H groups in total. The summed E-state index contributed by atoms with van der Waals surface area (Å²) in [5.74, 6) is 1.59. The highest BCUT2D eigenvalue weighted by Crippen LogP contribution is 2.28. The number of nitrogens with one attached hydrogen (secondary N) is 1. The summed E-state index contributed by atoms with van der Waals surface area (Å²) in [7, 11) is 4.94. The molecule has 0 spiro atoms. The predicted octanol–water partition coefficient (Wildman–Crippen LogP) is 3.67. The van der Waals surface area contributed by atoms with E-state index in [-0.39, 0.29) is 5.91 Å². The average molecular weight is 498 g/mol. The Morgan fingerprint density at radius 1 is 1.11 bits per heavy atom. The lowest BCUT2D eigenvalue weighted by molar-refractivity contribution is 0.0526. The van der Waals surface area contributed by atoms with Gasteiger partial charge in [0, 0.05) is 37.3 Å². The number of alkyl carbamates (subject to hydrolysis) is 1. The molecule has 36 heavy (non-hydrogen) atoms. The SMILES string of the molecule is COc1ccc(Cn2c(N)nc3cc(C(=O)N(C)CCCNC(=O)OC(C)(C)C)ccc32)c(OC)c1. The Labute approximate surface area is 211 Å². The van der Waals surface area contributed by atoms with Crippen LogP contribution in [0.5, 0.6) is 11.5 Å². The third-order valence-corrected chi connectivity index (χ3v) is 5.53. The Balaban J connectivity index is 1.66. The number of hydrogen-bond acceptors (Lipinski definition) is 7. The van der Waals surface area contributed by atoms with E-state index in [2.05, 4.69) is 10.3 Å². The molecule has 0 saturated carbocycles. The van der Waals surface area contributed by atoms with Gasteiger partial charge in [0.25, 0.3) is 5.91 Å². The first kappa shape index (κ1) is 26.7. The second kappa shape index (κ2) is 11.2. The van der Waals surface area contributed by atoms with Crippen LogP contribution in [-0.2, 0) is 11.3 Å². The molecule has 1 aromatic heterocycles. The first-order chi connectivity index (χ1) is 17.0. The number of nitrogens with two attached hydrogens (primary N) is 1. The van der Waals surface area contributed by atoms with Gasteiger partial charge in [0.05, 0.1) is 31.8 Å². The van der Waals surface area contributed by atoms with Gasteiger partial charge in [0.2, 0.25) is 5.95 Å². The van der Waals surface area contributed by atoms with Crippen LogP contribution in [0.2, 0.25) is 0 Å². The number of benzene rings is 2. The van der Waals surface area contributed by atoms with E-state index >= 15 is 0 Å². The van der Waals surface area contributed by atoms with Gasteiger partial charge in [-0.3, -0.25) is 4.79 Å². The standard InChI is InChI=1S/C26H35N5O5/c1-26(2,3)36-25(33)28-12-7-13-30(4)23(32)17-9-11-21-20(14-17)29-24(27)31(21)16-18-8-10-19(34-5)15-22(18)35-6/h8-11,14-15H,7,12-13,16H2,1-6H3,(H2,27,29)(H,28,33). The number of ether oxygens (including phenoxy) is 3. The van der Waals surface area contributed by atoms with Crippen molar-refractivity contribution in [3.63, 3.8) is 0 Å². The normalized spacial score (nSPS) is 11.3. The fraction of sp³-hybridized carbons (Fsp3) is 0.423. The smallest absolute Gasteiger partial charge is 0.407 e. The van der Waals surface area contributed by atoms with Gasteiger partial charge in [-0.15, -0.1) is 0 Å². The molecule has 10 heteroatoms. The van der Waals surface area contributed by atoms with Crippen LogP contribution in [0.1, 0.15) is 43.1 Å². The molecule has 194 valence electrons. The van der Waals surface area contributed by atoms with E-state index in [1.54, 1.807) is 38.3 Å². The lowest BCUT2D eigenvalue weighted by Gasteiger charge is -2.20. The average Bonchev–Trinajstić information content (AvgIpc) is 3.14. The molecule has 0 fully saturated rings. The Morgan fingerprint density at radius 3 is 2.53 bits per heavy atom. The Morgan fingerprint density at radius 2 is 1.86 bits per heavy atom. The van der Waals surface area contributed by atoms with E-state index in [1.165, 1.54) is 0 Å². The predicted molar refractivity (Wildman–Crippen MR) is 139 cm³/mol. The highest BCUT2D eigenvalue weighted by Gasteiger charge is 2.18. The third kappa shape index (κ3) is 6.59. The zero-order valence-electron chi connectivity index (χ0n) is 21.8. The highest BCUT2D eigenvalue weighted by molar-refractivity contribution is 5.97. The van der Waals surface area contributed by atoms with Crippen LogP contribution in [0, 0.1) is 0 Å². The zero-order chi connectivity index (χ0) is 26.5. The minimum Gasteiger partial charge on any atom is -0.497 e. The second-order valence-electron chi connectivity index (χ2n) is 9.45. The molecule has 2 aromatic carbocycles.